The molecule has 7 nitrogen and oxygen atoms in total. The maximum Gasteiger partial charge on any atom is 0.276 e. The van der Waals surface area contributed by atoms with Gasteiger partial charge in [0.05, 0.1) is 10.6 Å². The molecule has 0 spiro atoms. The lowest BCUT2D eigenvalue weighted by Gasteiger charge is -2.15. The van der Waals surface area contributed by atoms with E-state index in [1.54, 1.807) is 12.1 Å². The van der Waals surface area contributed by atoms with Crippen molar-refractivity contribution in [2.24, 2.45) is 0 Å². The highest BCUT2D eigenvalue weighted by molar-refractivity contribution is 7.89. The van der Waals surface area contributed by atoms with Gasteiger partial charge in [0.15, 0.2) is 6.61 Å². The molecule has 0 unspecified atom stereocenters. The number of aryl methyl sites for hydroxylation is 1. The molecule has 1 aliphatic rings. The summed E-state index contributed by atoms with van der Waals surface area (Å²) in [5.74, 6) is 0.650. The Bertz CT molecular complexity index is 968. The largest absolute Gasteiger partial charge is 0.483 e. The number of amides is 1. The number of hydrogen-bond donors (Lipinski definition) is 3. The fourth-order valence-electron chi connectivity index (χ4n) is 2.77. The first-order valence-corrected chi connectivity index (χ1v) is 11.1. The number of carbonyl (C=O) groups is 1. The lowest BCUT2D eigenvalue weighted by molar-refractivity contribution is -0.122. The molecular formula is C21H27N3O4S. The molecule has 2 aromatic carbocycles. The number of benzene rings is 2. The standard InChI is InChI=1S/C21H27N3O4S/c1-14(2)19-11-4-15(3)12-20(19)28-13-21(25)23-22-16-7-9-18(10-8-16)29(26,27)24-17-5-6-17/h4,7-12,14,17,22,24H,5-6,13H2,1-3H3,(H,23,25). The Morgan fingerprint density at radius 1 is 1.14 bits per heavy atom. The van der Waals surface area contributed by atoms with Gasteiger partial charge in [0, 0.05) is 6.04 Å². The highest BCUT2D eigenvalue weighted by atomic mass is 32.2. The summed E-state index contributed by atoms with van der Waals surface area (Å²) in [6, 6.07) is 12.2. The molecule has 3 rings (SSSR count). The summed E-state index contributed by atoms with van der Waals surface area (Å²) < 4.78 is 32.6. The fourth-order valence-corrected chi connectivity index (χ4v) is 4.08. The van der Waals surface area contributed by atoms with Crippen LogP contribution in [-0.4, -0.2) is 27.0 Å². The van der Waals surface area contributed by atoms with E-state index >= 15 is 0 Å². The molecule has 29 heavy (non-hydrogen) atoms. The molecule has 1 fully saturated rings. The Morgan fingerprint density at radius 2 is 1.83 bits per heavy atom. The maximum absolute atomic E-state index is 12.2. The molecule has 1 amide bonds. The van der Waals surface area contributed by atoms with E-state index in [4.69, 9.17) is 4.74 Å². The lowest BCUT2D eigenvalue weighted by atomic mass is 10.0. The summed E-state index contributed by atoms with van der Waals surface area (Å²) >= 11 is 0. The van der Waals surface area contributed by atoms with Gasteiger partial charge in [0.2, 0.25) is 10.0 Å². The van der Waals surface area contributed by atoms with E-state index in [1.807, 2.05) is 25.1 Å². The van der Waals surface area contributed by atoms with Crippen molar-refractivity contribution >= 4 is 21.6 Å². The summed E-state index contributed by atoms with van der Waals surface area (Å²) in [5, 5.41) is 0. The van der Waals surface area contributed by atoms with Crippen LogP contribution in [0.2, 0.25) is 0 Å². The van der Waals surface area contributed by atoms with E-state index in [9.17, 15) is 13.2 Å². The first-order chi connectivity index (χ1) is 13.7. The second-order valence-corrected chi connectivity index (χ2v) is 9.29. The van der Waals surface area contributed by atoms with Crippen LogP contribution in [0, 0.1) is 6.92 Å². The van der Waals surface area contributed by atoms with E-state index in [0.29, 0.717) is 11.4 Å². The number of hydrogen-bond acceptors (Lipinski definition) is 5. The predicted molar refractivity (Wildman–Crippen MR) is 112 cm³/mol. The molecule has 0 aromatic heterocycles. The van der Waals surface area contributed by atoms with Gasteiger partial charge in [-0.3, -0.25) is 15.6 Å². The van der Waals surface area contributed by atoms with Crippen LogP contribution in [0.4, 0.5) is 5.69 Å². The highest BCUT2D eigenvalue weighted by Crippen LogP contribution is 2.27. The zero-order valence-electron chi connectivity index (χ0n) is 16.9. The minimum Gasteiger partial charge on any atom is -0.483 e. The predicted octanol–water partition coefficient (Wildman–Crippen LogP) is 3.08. The molecule has 0 radical (unpaired) electrons. The zero-order valence-corrected chi connectivity index (χ0v) is 17.7. The van der Waals surface area contributed by atoms with Gasteiger partial charge in [-0.15, -0.1) is 0 Å². The van der Waals surface area contributed by atoms with Crippen LogP contribution >= 0.6 is 0 Å². The van der Waals surface area contributed by atoms with Crippen molar-refractivity contribution in [1.82, 2.24) is 10.1 Å². The molecule has 156 valence electrons. The minimum absolute atomic E-state index is 0.0571. The molecule has 0 saturated heterocycles. The third-order valence-corrected chi connectivity index (χ3v) is 6.10. The average Bonchev–Trinajstić information content (AvgIpc) is 3.48. The summed E-state index contributed by atoms with van der Waals surface area (Å²) in [5.41, 5.74) is 8.00. The third-order valence-electron chi connectivity index (χ3n) is 4.56. The quantitative estimate of drug-likeness (QED) is 0.545. The van der Waals surface area contributed by atoms with Crippen LogP contribution in [-0.2, 0) is 14.8 Å². The number of rotatable bonds is 9. The Morgan fingerprint density at radius 3 is 2.45 bits per heavy atom. The molecule has 1 aliphatic carbocycles. The zero-order chi connectivity index (χ0) is 21.0. The van der Waals surface area contributed by atoms with Crippen LogP contribution < -0.4 is 20.3 Å². The first-order valence-electron chi connectivity index (χ1n) is 9.65. The SMILES string of the molecule is Cc1ccc(C(C)C)c(OCC(=O)NNc2ccc(S(=O)(=O)NC3CC3)cc2)c1. The highest BCUT2D eigenvalue weighted by Gasteiger charge is 2.27. The summed E-state index contributed by atoms with van der Waals surface area (Å²) in [6.07, 6.45) is 1.77. The third kappa shape index (κ3) is 5.95. The Balaban J connectivity index is 1.51. The van der Waals surface area contributed by atoms with Gasteiger partial charge in [0.25, 0.3) is 5.91 Å². The van der Waals surface area contributed by atoms with E-state index < -0.39 is 10.0 Å². The van der Waals surface area contributed by atoms with Gasteiger partial charge in [0.1, 0.15) is 5.75 Å². The molecule has 0 aliphatic heterocycles. The first kappa shape index (κ1) is 21.1. The van der Waals surface area contributed by atoms with Gasteiger partial charge in [-0.2, -0.15) is 0 Å². The Labute approximate surface area is 171 Å². The Kier molecular flexibility index (Phi) is 6.44. The number of hydrazine groups is 1. The van der Waals surface area contributed by atoms with Crippen molar-refractivity contribution in [2.45, 2.75) is 50.5 Å². The van der Waals surface area contributed by atoms with Gasteiger partial charge < -0.3 is 4.74 Å². The normalized spacial score (nSPS) is 13.9. The van der Waals surface area contributed by atoms with Crippen LogP contribution in [0.25, 0.3) is 0 Å². The molecule has 2 aromatic rings. The molecule has 0 bridgehead atoms. The van der Waals surface area contributed by atoms with E-state index in [1.165, 1.54) is 12.1 Å². The lowest BCUT2D eigenvalue weighted by Crippen LogP contribution is -2.33. The van der Waals surface area contributed by atoms with Crippen molar-refractivity contribution < 1.29 is 17.9 Å². The topological polar surface area (TPSA) is 96.5 Å². The van der Waals surface area contributed by atoms with E-state index in [0.717, 1.165) is 24.0 Å². The smallest absolute Gasteiger partial charge is 0.276 e. The monoisotopic (exact) mass is 417 g/mol. The Hall–Kier alpha value is -2.58. The second-order valence-electron chi connectivity index (χ2n) is 7.58. The van der Waals surface area contributed by atoms with Crippen LogP contribution in [0.5, 0.6) is 5.75 Å². The summed E-state index contributed by atoms with van der Waals surface area (Å²) in [6.45, 7) is 5.99. The van der Waals surface area contributed by atoms with E-state index in [-0.39, 0.29) is 29.4 Å². The van der Waals surface area contributed by atoms with Crippen molar-refractivity contribution in [3.05, 3.63) is 53.6 Å². The van der Waals surface area contributed by atoms with Crippen molar-refractivity contribution in [1.29, 1.82) is 0 Å². The second kappa shape index (κ2) is 8.84. The molecule has 0 heterocycles. The molecule has 0 atom stereocenters. The van der Waals surface area contributed by atoms with Crippen LogP contribution in [0.15, 0.2) is 47.4 Å². The van der Waals surface area contributed by atoms with Gasteiger partial charge in [-0.25, -0.2) is 13.1 Å². The number of anilines is 1. The number of ether oxygens (including phenoxy) is 1. The maximum atomic E-state index is 12.2. The van der Waals surface area contributed by atoms with Crippen molar-refractivity contribution in [2.75, 3.05) is 12.0 Å². The van der Waals surface area contributed by atoms with Gasteiger partial charge >= 0.3 is 0 Å². The van der Waals surface area contributed by atoms with Crippen LogP contribution in [0.1, 0.15) is 43.7 Å². The molecule has 3 N–H and O–H groups in total. The number of sulfonamides is 1. The molecule has 8 heteroatoms. The average molecular weight is 418 g/mol. The van der Waals surface area contributed by atoms with Crippen molar-refractivity contribution in [3.63, 3.8) is 0 Å². The summed E-state index contributed by atoms with van der Waals surface area (Å²) in [4.78, 5) is 12.3. The summed E-state index contributed by atoms with van der Waals surface area (Å²) in [7, 11) is -3.48. The molecular weight excluding hydrogens is 390 g/mol. The number of nitrogens with one attached hydrogen (secondary N) is 3. The fraction of sp³-hybridized carbons (Fsp3) is 0.381. The van der Waals surface area contributed by atoms with Gasteiger partial charge in [-0.05, 0) is 67.1 Å². The number of carbonyl (C=O) groups excluding carboxylic acids is 1. The van der Waals surface area contributed by atoms with Crippen LogP contribution in [0.3, 0.4) is 0 Å². The molecule has 1 saturated carbocycles. The van der Waals surface area contributed by atoms with Crippen molar-refractivity contribution in [3.8, 4) is 5.75 Å². The van der Waals surface area contributed by atoms with E-state index in [2.05, 4.69) is 29.4 Å². The minimum atomic E-state index is -3.48. The van der Waals surface area contributed by atoms with Gasteiger partial charge in [-0.1, -0.05) is 26.0 Å².